The highest BCUT2D eigenvalue weighted by Gasteiger charge is 2.37. The molecule has 7 nitrogen and oxygen atoms in total. The van der Waals surface area contributed by atoms with Crippen molar-refractivity contribution in [1.82, 2.24) is 19.4 Å². The minimum absolute atomic E-state index is 0.0381. The molecule has 0 bridgehead atoms. The lowest BCUT2D eigenvalue weighted by Crippen LogP contribution is -2.57. The molecule has 0 amide bonds. The van der Waals surface area contributed by atoms with Crippen molar-refractivity contribution < 1.29 is 4.39 Å². The fourth-order valence-electron chi connectivity index (χ4n) is 5.55. The average Bonchev–Trinajstić information content (AvgIpc) is 3.66. The maximum Gasteiger partial charge on any atom is 0.252 e. The van der Waals surface area contributed by atoms with E-state index in [1.807, 2.05) is 18.3 Å². The Labute approximate surface area is 224 Å². The molecule has 3 aromatic heterocycles. The van der Waals surface area contributed by atoms with E-state index < -0.39 is 0 Å². The van der Waals surface area contributed by atoms with Gasteiger partial charge in [-0.25, -0.2) is 14.4 Å². The van der Waals surface area contributed by atoms with Crippen molar-refractivity contribution in [3.05, 3.63) is 86.0 Å². The number of piperazine rings is 1. The Hall–Kier alpha value is -3.61. The molecular weight excluding hydrogens is 499 g/mol. The van der Waals surface area contributed by atoms with E-state index in [-0.39, 0.29) is 29.5 Å². The zero-order valence-corrected chi connectivity index (χ0v) is 22.5. The molecule has 1 unspecified atom stereocenters. The molecule has 0 N–H and O–H groups in total. The molecule has 194 valence electrons. The van der Waals surface area contributed by atoms with Crippen molar-refractivity contribution >= 4 is 28.1 Å². The number of aromatic nitrogens is 3. The van der Waals surface area contributed by atoms with E-state index in [4.69, 9.17) is 4.98 Å². The number of benzene rings is 1. The number of rotatable bonds is 5. The number of hydrogen-bond donors (Lipinski definition) is 0. The molecule has 3 atom stereocenters. The van der Waals surface area contributed by atoms with E-state index in [1.54, 1.807) is 41.2 Å². The van der Waals surface area contributed by atoms with Crippen molar-refractivity contribution in [2.45, 2.75) is 50.7 Å². The fraction of sp³-hybridized carbons (Fsp3) is 0.379. The normalized spacial score (nSPS) is 21.0. The topological polar surface area (TPSA) is 78.0 Å². The van der Waals surface area contributed by atoms with Crippen LogP contribution in [0.5, 0.6) is 0 Å². The van der Waals surface area contributed by atoms with Gasteiger partial charge in [0.25, 0.3) is 5.56 Å². The summed E-state index contributed by atoms with van der Waals surface area (Å²) >= 11 is 1.77. The molecule has 38 heavy (non-hydrogen) atoms. The lowest BCUT2D eigenvalue weighted by molar-refractivity contribution is 0.131. The van der Waals surface area contributed by atoms with Crippen LogP contribution < -0.4 is 10.5 Å². The first kappa shape index (κ1) is 24.7. The minimum Gasteiger partial charge on any atom is -0.364 e. The third kappa shape index (κ3) is 4.38. The van der Waals surface area contributed by atoms with Gasteiger partial charge in [-0.15, -0.1) is 11.3 Å². The average molecular weight is 529 g/mol. The Morgan fingerprint density at radius 3 is 2.58 bits per heavy atom. The van der Waals surface area contributed by atoms with Crippen LogP contribution in [-0.2, 0) is 7.05 Å². The van der Waals surface area contributed by atoms with Crippen LogP contribution in [0.2, 0.25) is 0 Å². The molecule has 1 aliphatic carbocycles. The van der Waals surface area contributed by atoms with E-state index in [9.17, 15) is 14.4 Å². The minimum atomic E-state index is -0.247. The van der Waals surface area contributed by atoms with Gasteiger partial charge in [-0.3, -0.25) is 9.69 Å². The molecule has 1 saturated heterocycles. The third-order valence-electron chi connectivity index (χ3n) is 7.78. The Morgan fingerprint density at radius 2 is 1.87 bits per heavy atom. The fourth-order valence-corrected chi connectivity index (χ4v) is 6.79. The first-order valence-corrected chi connectivity index (χ1v) is 13.8. The molecule has 6 rings (SSSR count). The zero-order chi connectivity index (χ0) is 26.6. The second-order valence-electron chi connectivity index (χ2n) is 10.5. The molecule has 1 aliphatic heterocycles. The third-order valence-corrected chi connectivity index (χ3v) is 8.99. The first-order valence-electron chi connectivity index (χ1n) is 13.0. The standard InChI is InChI=1S/C29H29FN6OS/c1-17-16-36(28(19-6-8-21(30)9-7-19)25-14-32-29(38-25)20-4-5-20)18(2)15-35(17)24-12-26(37)34(3)23-11-10-22(13-31)33-27(23)24/h6-12,14,17-18,20,28H,4-5,15-16H2,1-3H3/t17-,18+,28?/m0/s1. The zero-order valence-electron chi connectivity index (χ0n) is 21.6. The van der Waals surface area contributed by atoms with Gasteiger partial charge in [0.05, 0.1) is 22.3 Å². The number of nitrogens with zero attached hydrogens (tertiary/aromatic N) is 6. The molecule has 0 spiro atoms. The molecule has 0 radical (unpaired) electrons. The summed E-state index contributed by atoms with van der Waals surface area (Å²) in [5.74, 6) is 0.332. The van der Waals surface area contributed by atoms with Gasteiger partial charge in [0.2, 0.25) is 0 Å². The molecule has 9 heteroatoms. The molecule has 2 aliphatic rings. The van der Waals surface area contributed by atoms with Gasteiger partial charge < -0.3 is 9.47 Å². The van der Waals surface area contributed by atoms with E-state index in [0.717, 1.165) is 17.8 Å². The number of hydrogen-bond acceptors (Lipinski definition) is 7. The van der Waals surface area contributed by atoms with Crippen LogP contribution in [0.25, 0.3) is 11.0 Å². The summed E-state index contributed by atoms with van der Waals surface area (Å²) in [5.41, 5.74) is 3.38. The maximum atomic E-state index is 13.9. The Bertz CT molecular complexity index is 1600. The second-order valence-corrected chi connectivity index (χ2v) is 11.6. The SMILES string of the molecule is C[C@@H]1CN(c2cc(=O)n(C)c3ccc(C#N)nc23)[C@@H](C)CN1C(c1ccc(F)cc1)c1cnc(C2CC2)s1. The highest BCUT2D eigenvalue weighted by Crippen LogP contribution is 2.45. The van der Waals surface area contributed by atoms with Crippen molar-refractivity contribution in [3.63, 3.8) is 0 Å². The van der Waals surface area contributed by atoms with Gasteiger partial charge in [-0.1, -0.05) is 12.1 Å². The van der Waals surface area contributed by atoms with Crippen LogP contribution in [0.1, 0.15) is 59.8 Å². The largest absolute Gasteiger partial charge is 0.364 e. The maximum absolute atomic E-state index is 13.9. The summed E-state index contributed by atoms with van der Waals surface area (Å²) in [4.78, 5) is 28.1. The van der Waals surface area contributed by atoms with Crippen molar-refractivity contribution in [1.29, 1.82) is 5.26 Å². The van der Waals surface area contributed by atoms with Crippen molar-refractivity contribution in [2.75, 3.05) is 18.0 Å². The van der Waals surface area contributed by atoms with Crippen LogP contribution in [-0.4, -0.2) is 44.6 Å². The predicted octanol–water partition coefficient (Wildman–Crippen LogP) is 4.97. The molecule has 4 aromatic rings. The van der Waals surface area contributed by atoms with E-state index in [0.29, 0.717) is 29.2 Å². The predicted molar refractivity (Wildman–Crippen MR) is 147 cm³/mol. The summed E-state index contributed by atoms with van der Waals surface area (Å²) in [6.45, 7) is 5.75. The molecule has 1 saturated carbocycles. The summed E-state index contributed by atoms with van der Waals surface area (Å²) in [7, 11) is 1.73. The summed E-state index contributed by atoms with van der Waals surface area (Å²) in [6.07, 6.45) is 4.40. The Morgan fingerprint density at radius 1 is 1.11 bits per heavy atom. The lowest BCUT2D eigenvalue weighted by Gasteiger charge is -2.48. The van der Waals surface area contributed by atoms with Gasteiger partial charge in [-0.2, -0.15) is 5.26 Å². The van der Waals surface area contributed by atoms with Gasteiger partial charge in [0, 0.05) is 55.3 Å². The number of aryl methyl sites for hydroxylation is 1. The summed E-state index contributed by atoms with van der Waals surface area (Å²) in [5, 5.41) is 10.6. The number of nitriles is 1. The van der Waals surface area contributed by atoms with Crippen LogP contribution in [0.4, 0.5) is 10.1 Å². The molecule has 4 heterocycles. The van der Waals surface area contributed by atoms with Crippen molar-refractivity contribution in [2.24, 2.45) is 7.05 Å². The first-order chi connectivity index (χ1) is 18.3. The molecule has 2 fully saturated rings. The number of fused-ring (bicyclic) bond motifs is 1. The second kappa shape index (κ2) is 9.61. The van der Waals surface area contributed by atoms with E-state index in [1.165, 1.54) is 34.9 Å². The highest BCUT2D eigenvalue weighted by molar-refractivity contribution is 7.11. The summed E-state index contributed by atoms with van der Waals surface area (Å²) < 4.78 is 15.4. The van der Waals surface area contributed by atoms with Gasteiger partial charge in [-0.05, 0) is 56.5 Å². The van der Waals surface area contributed by atoms with Gasteiger partial charge >= 0.3 is 0 Å². The smallest absolute Gasteiger partial charge is 0.252 e. The molecular formula is C29H29FN6OS. The van der Waals surface area contributed by atoms with Crippen molar-refractivity contribution in [3.8, 4) is 6.07 Å². The Kier molecular flexibility index (Phi) is 6.25. The van der Waals surface area contributed by atoms with Crippen LogP contribution >= 0.6 is 11.3 Å². The van der Waals surface area contributed by atoms with Crippen LogP contribution in [0.15, 0.2) is 53.5 Å². The summed E-state index contributed by atoms with van der Waals surface area (Å²) in [6, 6.07) is 14.2. The lowest BCUT2D eigenvalue weighted by atomic mass is 9.98. The van der Waals surface area contributed by atoms with E-state index >= 15 is 0 Å². The van der Waals surface area contributed by atoms with E-state index in [2.05, 4.69) is 34.7 Å². The number of thiazole rings is 1. The highest BCUT2D eigenvalue weighted by atomic mass is 32.1. The quantitative estimate of drug-likeness (QED) is 0.364. The van der Waals surface area contributed by atoms with Crippen LogP contribution in [0.3, 0.4) is 0 Å². The Balaban J connectivity index is 1.38. The van der Waals surface area contributed by atoms with Gasteiger partial charge in [0.15, 0.2) is 0 Å². The monoisotopic (exact) mass is 528 g/mol. The number of anilines is 1. The molecule has 1 aromatic carbocycles. The number of pyridine rings is 2. The van der Waals surface area contributed by atoms with Crippen LogP contribution in [0, 0.1) is 17.1 Å². The number of halogens is 1. The van der Waals surface area contributed by atoms with Gasteiger partial charge in [0.1, 0.15) is 23.1 Å².